The van der Waals surface area contributed by atoms with Crippen LogP contribution in [-0.4, -0.2) is 50.4 Å². The van der Waals surface area contributed by atoms with Gasteiger partial charge in [-0.2, -0.15) is 0 Å². The van der Waals surface area contributed by atoms with Gasteiger partial charge in [0.25, 0.3) is 0 Å². The summed E-state index contributed by atoms with van der Waals surface area (Å²) in [5.41, 5.74) is 0. The Bertz CT molecular complexity index is 211. The van der Waals surface area contributed by atoms with Gasteiger partial charge in [0.15, 0.2) is 0 Å². The molecule has 1 aliphatic rings. The summed E-state index contributed by atoms with van der Waals surface area (Å²) in [6.07, 6.45) is 0. The van der Waals surface area contributed by atoms with Crippen LogP contribution in [0.15, 0.2) is 0 Å². The molecule has 2 amide bonds. The van der Waals surface area contributed by atoms with E-state index in [0.717, 1.165) is 13.1 Å². The van der Waals surface area contributed by atoms with Gasteiger partial charge >= 0.3 is 0 Å². The van der Waals surface area contributed by atoms with Crippen LogP contribution in [0.2, 0.25) is 0 Å². The van der Waals surface area contributed by atoms with Crippen LogP contribution in [0.5, 0.6) is 0 Å². The maximum Gasteiger partial charge on any atom is 0.241 e. The summed E-state index contributed by atoms with van der Waals surface area (Å²) < 4.78 is 0. The van der Waals surface area contributed by atoms with Crippen molar-refractivity contribution in [2.45, 2.75) is 0 Å². The monoisotopic (exact) mass is 185 g/mol. The van der Waals surface area contributed by atoms with Crippen molar-refractivity contribution < 1.29 is 9.59 Å². The number of hydrogen-bond acceptors (Lipinski definition) is 3. The van der Waals surface area contributed by atoms with Gasteiger partial charge in [0.05, 0.1) is 12.5 Å². The predicted molar refractivity (Wildman–Crippen MR) is 48.1 cm³/mol. The molecule has 1 heterocycles. The third kappa shape index (κ3) is 2.69. The molecule has 0 unspecified atom stereocenters. The van der Waals surface area contributed by atoms with E-state index in [9.17, 15) is 9.59 Å². The van der Waals surface area contributed by atoms with Crippen molar-refractivity contribution in [2.75, 3.05) is 33.7 Å². The van der Waals surface area contributed by atoms with Gasteiger partial charge in [-0.3, -0.25) is 9.59 Å². The Balaban J connectivity index is 2.17. The molecule has 0 aliphatic carbocycles. The van der Waals surface area contributed by atoms with Crippen molar-refractivity contribution in [2.24, 2.45) is 5.92 Å². The van der Waals surface area contributed by atoms with E-state index in [2.05, 4.69) is 10.6 Å². The molecular weight excluding hydrogens is 170 g/mol. The number of carbonyl (C=O) groups excluding carboxylic acids is 2. The molecule has 0 bridgehead atoms. The van der Waals surface area contributed by atoms with Crippen LogP contribution in [-0.2, 0) is 9.59 Å². The molecule has 0 aromatic rings. The molecule has 1 saturated heterocycles. The molecule has 74 valence electrons. The minimum absolute atomic E-state index is 0.0334. The lowest BCUT2D eigenvalue weighted by atomic mass is 10.0. The van der Waals surface area contributed by atoms with E-state index >= 15 is 0 Å². The highest BCUT2D eigenvalue weighted by Gasteiger charge is 2.24. The summed E-state index contributed by atoms with van der Waals surface area (Å²) in [5, 5.41) is 5.59. The van der Waals surface area contributed by atoms with E-state index < -0.39 is 0 Å². The average molecular weight is 185 g/mol. The van der Waals surface area contributed by atoms with Crippen LogP contribution in [0.1, 0.15) is 0 Å². The fourth-order valence-electron chi connectivity index (χ4n) is 0.939. The number of rotatable bonds is 3. The Hall–Kier alpha value is -1.10. The highest BCUT2D eigenvalue weighted by molar-refractivity contribution is 5.86. The standard InChI is InChI=1S/C8H15N3O2/c1-11(2)7(12)5-10-8(13)6-3-9-4-6/h6,9H,3-5H2,1-2H3,(H,10,13). The summed E-state index contributed by atoms with van der Waals surface area (Å²) in [6.45, 7) is 1.55. The van der Waals surface area contributed by atoms with Crippen LogP contribution < -0.4 is 10.6 Å². The van der Waals surface area contributed by atoms with Crippen molar-refractivity contribution >= 4 is 11.8 Å². The van der Waals surface area contributed by atoms with Crippen LogP contribution in [0.4, 0.5) is 0 Å². The zero-order valence-corrected chi connectivity index (χ0v) is 7.96. The lowest BCUT2D eigenvalue weighted by Gasteiger charge is -2.25. The molecule has 1 rings (SSSR count). The second kappa shape index (κ2) is 4.23. The average Bonchev–Trinajstić information content (AvgIpc) is 1.96. The van der Waals surface area contributed by atoms with Crippen molar-refractivity contribution in [3.63, 3.8) is 0 Å². The Morgan fingerprint density at radius 3 is 2.46 bits per heavy atom. The van der Waals surface area contributed by atoms with E-state index in [-0.39, 0.29) is 24.3 Å². The summed E-state index contributed by atoms with van der Waals surface area (Å²) in [5.74, 6) is -0.0652. The predicted octanol–water partition coefficient (Wildman–Crippen LogP) is -1.59. The molecule has 5 nitrogen and oxygen atoms in total. The van der Waals surface area contributed by atoms with Crippen LogP contribution in [0, 0.1) is 5.92 Å². The summed E-state index contributed by atoms with van der Waals surface area (Å²) >= 11 is 0. The minimum atomic E-state index is -0.0827. The first-order valence-corrected chi connectivity index (χ1v) is 4.30. The quantitative estimate of drug-likeness (QED) is 0.557. The highest BCUT2D eigenvalue weighted by atomic mass is 16.2. The van der Waals surface area contributed by atoms with Gasteiger partial charge in [-0.25, -0.2) is 0 Å². The van der Waals surface area contributed by atoms with Gasteiger partial charge in [-0.1, -0.05) is 0 Å². The molecule has 0 aromatic carbocycles. The molecule has 2 N–H and O–H groups in total. The number of amides is 2. The summed E-state index contributed by atoms with van der Waals surface area (Å²) in [6, 6.07) is 0. The second-order valence-electron chi connectivity index (χ2n) is 3.36. The van der Waals surface area contributed by atoms with Crippen LogP contribution in [0.25, 0.3) is 0 Å². The second-order valence-corrected chi connectivity index (χ2v) is 3.36. The first-order valence-electron chi connectivity index (χ1n) is 4.30. The Morgan fingerprint density at radius 1 is 1.46 bits per heavy atom. The molecule has 0 radical (unpaired) electrons. The normalized spacial score (nSPS) is 16.2. The van der Waals surface area contributed by atoms with E-state index in [1.54, 1.807) is 14.1 Å². The molecule has 13 heavy (non-hydrogen) atoms. The highest BCUT2D eigenvalue weighted by Crippen LogP contribution is 2.01. The molecule has 0 atom stereocenters. The zero-order chi connectivity index (χ0) is 9.84. The van der Waals surface area contributed by atoms with Crippen molar-refractivity contribution in [3.05, 3.63) is 0 Å². The molecular formula is C8H15N3O2. The van der Waals surface area contributed by atoms with Crippen molar-refractivity contribution in [1.29, 1.82) is 0 Å². The largest absolute Gasteiger partial charge is 0.347 e. The maximum atomic E-state index is 11.2. The molecule has 5 heteroatoms. The molecule has 0 spiro atoms. The molecule has 0 saturated carbocycles. The lowest BCUT2D eigenvalue weighted by molar-refractivity contribution is -0.132. The van der Waals surface area contributed by atoms with Crippen molar-refractivity contribution in [1.82, 2.24) is 15.5 Å². The zero-order valence-electron chi connectivity index (χ0n) is 7.96. The van der Waals surface area contributed by atoms with Crippen LogP contribution >= 0.6 is 0 Å². The first-order chi connectivity index (χ1) is 6.11. The molecule has 1 aliphatic heterocycles. The van der Waals surface area contributed by atoms with Gasteiger partial charge < -0.3 is 15.5 Å². The SMILES string of the molecule is CN(C)C(=O)CNC(=O)C1CNC1. The Labute approximate surface area is 77.5 Å². The number of nitrogens with zero attached hydrogens (tertiary/aromatic N) is 1. The third-order valence-electron chi connectivity index (χ3n) is 2.06. The van der Waals surface area contributed by atoms with E-state index in [1.165, 1.54) is 4.90 Å². The van der Waals surface area contributed by atoms with Gasteiger partial charge in [-0.05, 0) is 0 Å². The first kappa shape index (κ1) is 9.98. The number of carbonyl (C=O) groups is 2. The lowest BCUT2D eigenvalue weighted by Crippen LogP contribution is -2.52. The molecule has 1 fully saturated rings. The molecule has 0 aromatic heterocycles. The van der Waals surface area contributed by atoms with Gasteiger partial charge in [-0.15, -0.1) is 0 Å². The van der Waals surface area contributed by atoms with E-state index in [0.29, 0.717) is 0 Å². The summed E-state index contributed by atoms with van der Waals surface area (Å²) in [7, 11) is 3.33. The Kier molecular flexibility index (Phi) is 3.25. The van der Waals surface area contributed by atoms with Gasteiger partial charge in [0, 0.05) is 27.2 Å². The van der Waals surface area contributed by atoms with E-state index in [4.69, 9.17) is 0 Å². The fourth-order valence-corrected chi connectivity index (χ4v) is 0.939. The Morgan fingerprint density at radius 2 is 2.08 bits per heavy atom. The smallest absolute Gasteiger partial charge is 0.241 e. The third-order valence-corrected chi connectivity index (χ3v) is 2.06. The van der Waals surface area contributed by atoms with Crippen LogP contribution in [0.3, 0.4) is 0 Å². The number of hydrogen-bond donors (Lipinski definition) is 2. The van der Waals surface area contributed by atoms with Crippen molar-refractivity contribution in [3.8, 4) is 0 Å². The minimum Gasteiger partial charge on any atom is -0.347 e. The fraction of sp³-hybridized carbons (Fsp3) is 0.750. The van der Waals surface area contributed by atoms with Gasteiger partial charge in [0.1, 0.15) is 0 Å². The maximum absolute atomic E-state index is 11.2. The van der Waals surface area contributed by atoms with E-state index in [1.807, 2.05) is 0 Å². The number of likely N-dealkylation sites (N-methyl/N-ethyl adjacent to an activating group) is 1. The van der Waals surface area contributed by atoms with Gasteiger partial charge in [0.2, 0.25) is 11.8 Å². The number of nitrogens with one attached hydrogen (secondary N) is 2. The summed E-state index contributed by atoms with van der Waals surface area (Å²) in [4.78, 5) is 23.8. The topological polar surface area (TPSA) is 61.4 Å².